The second kappa shape index (κ2) is 6.58. The number of benzene rings is 1. The SMILES string of the molecule is Cc1ccc(S(=O)(=O)NCC(=O)N(C)C2CCS(=O)(=O)C2)cc1. The van der Waals surface area contributed by atoms with Crippen LogP contribution in [0.15, 0.2) is 29.2 Å². The van der Waals surface area contributed by atoms with Crippen molar-refractivity contribution < 1.29 is 21.6 Å². The molecule has 1 heterocycles. The van der Waals surface area contributed by atoms with Crippen molar-refractivity contribution in [2.24, 2.45) is 0 Å². The van der Waals surface area contributed by atoms with Crippen molar-refractivity contribution >= 4 is 25.8 Å². The van der Waals surface area contributed by atoms with E-state index in [0.29, 0.717) is 6.42 Å². The molecule has 1 aliphatic heterocycles. The Hall–Kier alpha value is -1.45. The Morgan fingerprint density at radius 2 is 1.91 bits per heavy atom. The summed E-state index contributed by atoms with van der Waals surface area (Å²) in [5.74, 6) is -0.465. The maximum Gasteiger partial charge on any atom is 0.241 e. The van der Waals surface area contributed by atoms with Gasteiger partial charge in [-0.05, 0) is 25.5 Å². The van der Waals surface area contributed by atoms with Crippen molar-refractivity contribution in [1.82, 2.24) is 9.62 Å². The molecule has 1 aliphatic rings. The summed E-state index contributed by atoms with van der Waals surface area (Å²) in [5.41, 5.74) is 0.933. The molecule has 7 nitrogen and oxygen atoms in total. The fourth-order valence-corrected chi connectivity index (χ4v) is 5.12. The Morgan fingerprint density at radius 3 is 2.43 bits per heavy atom. The van der Waals surface area contributed by atoms with Crippen LogP contribution in [0, 0.1) is 6.92 Å². The minimum Gasteiger partial charge on any atom is -0.341 e. The number of sulfone groups is 1. The van der Waals surface area contributed by atoms with Gasteiger partial charge >= 0.3 is 0 Å². The molecule has 1 saturated heterocycles. The number of aryl methyl sites for hydroxylation is 1. The van der Waals surface area contributed by atoms with Crippen LogP contribution in [0.2, 0.25) is 0 Å². The third-order valence-corrected chi connectivity index (χ3v) is 7.06. The van der Waals surface area contributed by atoms with Crippen molar-refractivity contribution in [2.75, 3.05) is 25.1 Å². The first kappa shape index (κ1) is 17.9. The summed E-state index contributed by atoms with van der Waals surface area (Å²) in [6.45, 7) is 1.45. The van der Waals surface area contributed by atoms with Gasteiger partial charge in [-0.2, -0.15) is 0 Å². The first-order valence-corrected chi connectivity index (χ1v) is 10.4. The molecule has 1 amide bonds. The van der Waals surface area contributed by atoms with Crippen LogP contribution in [0.4, 0.5) is 0 Å². The molecule has 2 rings (SSSR count). The predicted octanol–water partition coefficient (Wildman–Crippen LogP) is -0.0812. The van der Waals surface area contributed by atoms with Crippen LogP contribution in [0.3, 0.4) is 0 Å². The van der Waals surface area contributed by atoms with Crippen LogP contribution >= 0.6 is 0 Å². The van der Waals surface area contributed by atoms with Gasteiger partial charge < -0.3 is 4.90 Å². The van der Waals surface area contributed by atoms with Crippen LogP contribution in [-0.4, -0.2) is 58.8 Å². The van der Waals surface area contributed by atoms with Gasteiger partial charge in [-0.3, -0.25) is 4.79 Å². The van der Waals surface area contributed by atoms with Gasteiger partial charge in [0.2, 0.25) is 15.9 Å². The number of likely N-dealkylation sites (N-methyl/N-ethyl adjacent to an activating group) is 1. The highest BCUT2D eigenvalue weighted by atomic mass is 32.2. The highest BCUT2D eigenvalue weighted by molar-refractivity contribution is 7.91. The largest absolute Gasteiger partial charge is 0.341 e. The second-order valence-corrected chi connectivity index (χ2v) is 9.69. The molecule has 1 aromatic rings. The number of sulfonamides is 1. The number of carbonyl (C=O) groups is 1. The first-order chi connectivity index (χ1) is 10.6. The fourth-order valence-electron chi connectivity index (χ4n) is 2.37. The first-order valence-electron chi connectivity index (χ1n) is 7.13. The van der Waals surface area contributed by atoms with E-state index in [9.17, 15) is 21.6 Å². The molecule has 0 bridgehead atoms. The lowest BCUT2D eigenvalue weighted by molar-refractivity contribution is -0.130. The van der Waals surface area contributed by atoms with Crippen molar-refractivity contribution in [2.45, 2.75) is 24.3 Å². The summed E-state index contributed by atoms with van der Waals surface area (Å²) < 4.78 is 49.4. The molecular weight excluding hydrogens is 340 g/mol. The Bertz CT molecular complexity index is 785. The van der Waals surface area contributed by atoms with Crippen LogP contribution < -0.4 is 4.72 Å². The van der Waals surface area contributed by atoms with Crippen LogP contribution in [0.1, 0.15) is 12.0 Å². The maximum atomic E-state index is 12.1. The number of hydrogen-bond acceptors (Lipinski definition) is 5. The molecular formula is C14H20N2O5S2. The highest BCUT2D eigenvalue weighted by Crippen LogP contribution is 2.16. The zero-order valence-corrected chi connectivity index (χ0v) is 14.7. The number of amides is 1. The topological polar surface area (TPSA) is 101 Å². The molecule has 1 N–H and O–H groups in total. The molecule has 0 saturated carbocycles. The molecule has 1 atom stereocenters. The predicted molar refractivity (Wildman–Crippen MR) is 86.2 cm³/mol. The van der Waals surface area contributed by atoms with E-state index in [1.165, 1.54) is 24.1 Å². The molecule has 128 valence electrons. The lowest BCUT2D eigenvalue weighted by atomic mass is 10.2. The van der Waals surface area contributed by atoms with E-state index >= 15 is 0 Å². The van der Waals surface area contributed by atoms with Crippen LogP contribution in [-0.2, 0) is 24.7 Å². The summed E-state index contributed by atoms with van der Waals surface area (Å²) in [4.78, 5) is 13.5. The van der Waals surface area contributed by atoms with E-state index in [4.69, 9.17) is 0 Å². The molecule has 9 heteroatoms. The summed E-state index contributed by atoms with van der Waals surface area (Å²) in [7, 11) is -5.37. The van der Waals surface area contributed by atoms with E-state index in [1.807, 2.05) is 6.92 Å². The number of rotatable bonds is 5. The maximum absolute atomic E-state index is 12.1. The molecule has 1 unspecified atom stereocenters. The van der Waals surface area contributed by atoms with E-state index in [2.05, 4.69) is 4.72 Å². The zero-order chi connectivity index (χ0) is 17.3. The molecule has 0 spiro atoms. The normalized spacial score (nSPS) is 20.3. The van der Waals surface area contributed by atoms with Crippen LogP contribution in [0.25, 0.3) is 0 Å². The van der Waals surface area contributed by atoms with E-state index < -0.39 is 38.4 Å². The van der Waals surface area contributed by atoms with E-state index in [1.54, 1.807) is 12.1 Å². The summed E-state index contributed by atoms with van der Waals surface area (Å²) in [5, 5.41) is 0. The minimum atomic E-state index is -3.77. The Labute approximate surface area is 136 Å². The van der Waals surface area contributed by atoms with Gasteiger partial charge in [-0.25, -0.2) is 21.6 Å². The van der Waals surface area contributed by atoms with Gasteiger partial charge in [-0.15, -0.1) is 0 Å². The number of hydrogen-bond donors (Lipinski definition) is 1. The lowest BCUT2D eigenvalue weighted by Gasteiger charge is -2.23. The van der Waals surface area contributed by atoms with Gasteiger partial charge in [0.25, 0.3) is 0 Å². The van der Waals surface area contributed by atoms with E-state index in [0.717, 1.165) is 5.56 Å². The van der Waals surface area contributed by atoms with Gasteiger partial charge in [0, 0.05) is 13.1 Å². The average molecular weight is 360 g/mol. The monoisotopic (exact) mass is 360 g/mol. The van der Waals surface area contributed by atoms with Crippen molar-refractivity contribution in [3.05, 3.63) is 29.8 Å². The average Bonchev–Trinajstić information content (AvgIpc) is 2.84. The lowest BCUT2D eigenvalue weighted by Crippen LogP contribution is -2.43. The summed E-state index contributed by atoms with van der Waals surface area (Å²) in [6, 6.07) is 5.89. The molecule has 23 heavy (non-hydrogen) atoms. The molecule has 0 radical (unpaired) electrons. The molecule has 1 aromatic carbocycles. The Morgan fingerprint density at radius 1 is 1.30 bits per heavy atom. The minimum absolute atomic E-state index is 0.0599. The number of nitrogens with one attached hydrogen (secondary N) is 1. The molecule has 1 fully saturated rings. The third-order valence-electron chi connectivity index (χ3n) is 3.89. The Kier molecular flexibility index (Phi) is 5.12. The highest BCUT2D eigenvalue weighted by Gasteiger charge is 2.32. The van der Waals surface area contributed by atoms with Gasteiger partial charge in [0.1, 0.15) is 0 Å². The van der Waals surface area contributed by atoms with Crippen molar-refractivity contribution in [3.8, 4) is 0 Å². The zero-order valence-electron chi connectivity index (χ0n) is 13.0. The van der Waals surface area contributed by atoms with Gasteiger partial charge in [0.15, 0.2) is 9.84 Å². The molecule has 0 aromatic heterocycles. The van der Waals surface area contributed by atoms with E-state index in [-0.39, 0.29) is 16.4 Å². The number of carbonyl (C=O) groups excluding carboxylic acids is 1. The Balaban J connectivity index is 1.97. The third kappa shape index (κ3) is 4.52. The molecule has 0 aliphatic carbocycles. The standard InChI is InChI=1S/C14H20N2O5S2/c1-11-3-5-13(6-4-11)23(20,21)15-9-14(17)16(2)12-7-8-22(18,19)10-12/h3-6,12,15H,7-10H2,1-2H3. The summed E-state index contributed by atoms with van der Waals surface area (Å²) >= 11 is 0. The van der Waals surface area contributed by atoms with Gasteiger partial charge in [0.05, 0.1) is 22.9 Å². The second-order valence-electron chi connectivity index (χ2n) is 5.70. The van der Waals surface area contributed by atoms with Crippen molar-refractivity contribution in [1.29, 1.82) is 0 Å². The van der Waals surface area contributed by atoms with Gasteiger partial charge in [-0.1, -0.05) is 17.7 Å². The summed E-state index contributed by atoms with van der Waals surface area (Å²) in [6.07, 6.45) is 0.384. The van der Waals surface area contributed by atoms with Crippen molar-refractivity contribution in [3.63, 3.8) is 0 Å². The smallest absolute Gasteiger partial charge is 0.241 e. The van der Waals surface area contributed by atoms with Crippen LogP contribution in [0.5, 0.6) is 0 Å². The fraction of sp³-hybridized carbons (Fsp3) is 0.500. The quantitative estimate of drug-likeness (QED) is 0.791. The number of nitrogens with zero attached hydrogens (tertiary/aromatic N) is 1.